The fourth-order valence-electron chi connectivity index (χ4n) is 1.70. The molecule has 128 valence electrons. The number of carbonyl (C=O) groups is 1. The Morgan fingerprint density at radius 2 is 2.25 bits per heavy atom. The third-order valence-electron chi connectivity index (χ3n) is 2.72. The van der Waals surface area contributed by atoms with Gasteiger partial charge in [0.25, 0.3) is 0 Å². The molecule has 1 N–H and O–H groups in total. The van der Waals surface area contributed by atoms with Gasteiger partial charge in [0.05, 0.1) is 10.7 Å². The summed E-state index contributed by atoms with van der Waals surface area (Å²) in [5.74, 6) is -0.555. The summed E-state index contributed by atoms with van der Waals surface area (Å²) in [7, 11) is 0. The highest BCUT2D eigenvalue weighted by Crippen LogP contribution is 2.19. The molecule has 0 atom stereocenters. The van der Waals surface area contributed by atoms with Gasteiger partial charge >= 0.3 is 6.18 Å². The standard InChI is InChI=1S/C15H14F3N3O2S/c1-10-21-12(8-24-10)4-5-13(22)20-7-11-3-2-6-19-14(11)23-9-15(16,17)18/h2-6,8H,7,9H2,1H3,(H,20,22)/b5-4+. The maximum absolute atomic E-state index is 12.2. The smallest absolute Gasteiger partial charge is 0.422 e. The Morgan fingerprint density at radius 1 is 1.46 bits per heavy atom. The van der Waals surface area contributed by atoms with Crippen LogP contribution in [-0.2, 0) is 11.3 Å². The zero-order valence-electron chi connectivity index (χ0n) is 12.6. The van der Waals surface area contributed by atoms with Gasteiger partial charge in [0.15, 0.2) is 6.61 Å². The maximum atomic E-state index is 12.2. The van der Waals surface area contributed by atoms with Gasteiger partial charge in [0.1, 0.15) is 0 Å². The molecule has 2 rings (SSSR count). The average Bonchev–Trinajstić information content (AvgIpc) is 2.94. The Labute approximate surface area is 140 Å². The molecule has 2 aromatic rings. The van der Waals surface area contributed by atoms with E-state index in [1.807, 2.05) is 12.3 Å². The molecule has 0 aliphatic heterocycles. The van der Waals surface area contributed by atoms with E-state index in [0.717, 1.165) is 5.01 Å². The van der Waals surface area contributed by atoms with E-state index in [0.29, 0.717) is 11.3 Å². The number of halogens is 3. The number of rotatable bonds is 6. The van der Waals surface area contributed by atoms with Crippen molar-refractivity contribution in [3.63, 3.8) is 0 Å². The SMILES string of the molecule is Cc1nc(/C=C/C(=O)NCc2cccnc2OCC(F)(F)F)cs1. The van der Waals surface area contributed by atoms with Crippen LogP contribution >= 0.6 is 11.3 Å². The fraction of sp³-hybridized carbons (Fsp3) is 0.267. The summed E-state index contributed by atoms with van der Waals surface area (Å²) < 4.78 is 41.3. The second-order valence-electron chi connectivity index (χ2n) is 4.71. The van der Waals surface area contributed by atoms with Crippen LogP contribution in [0.1, 0.15) is 16.3 Å². The molecule has 0 aromatic carbocycles. The van der Waals surface area contributed by atoms with E-state index in [4.69, 9.17) is 0 Å². The Morgan fingerprint density at radius 3 is 2.92 bits per heavy atom. The first-order valence-electron chi connectivity index (χ1n) is 6.85. The lowest BCUT2D eigenvalue weighted by molar-refractivity contribution is -0.154. The Balaban J connectivity index is 1.91. The number of alkyl halides is 3. The van der Waals surface area contributed by atoms with Crippen molar-refractivity contribution in [3.05, 3.63) is 46.1 Å². The summed E-state index contributed by atoms with van der Waals surface area (Å²) in [6.07, 6.45) is -0.266. The average molecular weight is 357 g/mol. The van der Waals surface area contributed by atoms with Crippen molar-refractivity contribution in [2.24, 2.45) is 0 Å². The second-order valence-corrected chi connectivity index (χ2v) is 5.78. The first-order valence-corrected chi connectivity index (χ1v) is 7.73. The van der Waals surface area contributed by atoms with Crippen molar-refractivity contribution >= 4 is 23.3 Å². The molecule has 0 spiro atoms. The van der Waals surface area contributed by atoms with E-state index in [1.165, 1.54) is 29.7 Å². The summed E-state index contributed by atoms with van der Waals surface area (Å²) >= 11 is 1.46. The lowest BCUT2D eigenvalue weighted by Crippen LogP contribution is -2.23. The van der Waals surface area contributed by atoms with Crippen LogP contribution in [0.15, 0.2) is 29.8 Å². The molecular formula is C15H14F3N3O2S. The number of hydrogen-bond acceptors (Lipinski definition) is 5. The largest absolute Gasteiger partial charge is 0.468 e. The second kappa shape index (κ2) is 7.91. The molecule has 0 bridgehead atoms. The van der Waals surface area contributed by atoms with Gasteiger partial charge in [0, 0.05) is 29.8 Å². The number of amides is 1. The molecule has 24 heavy (non-hydrogen) atoms. The monoisotopic (exact) mass is 357 g/mol. The minimum absolute atomic E-state index is 0.000295. The van der Waals surface area contributed by atoms with Crippen LogP contribution in [0.2, 0.25) is 0 Å². The number of pyridine rings is 1. The van der Waals surface area contributed by atoms with Crippen LogP contribution in [0.5, 0.6) is 5.88 Å². The lowest BCUT2D eigenvalue weighted by Gasteiger charge is -2.12. The number of nitrogens with one attached hydrogen (secondary N) is 1. The number of carbonyl (C=O) groups excluding carboxylic acids is 1. The van der Waals surface area contributed by atoms with E-state index in [-0.39, 0.29) is 12.4 Å². The third-order valence-corrected chi connectivity index (χ3v) is 3.51. The van der Waals surface area contributed by atoms with Gasteiger partial charge in [-0.15, -0.1) is 11.3 Å². The van der Waals surface area contributed by atoms with Gasteiger partial charge in [0.2, 0.25) is 11.8 Å². The van der Waals surface area contributed by atoms with Crippen LogP contribution < -0.4 is 10.1 Å². The summed E-state index contributed by atoms with van der Waals surface area (Å²) in [4.78, 5) is 19.7. The third kappa shape index (κ3) is 5.99. The van der Waals surface area contributed by atoms with Crippen molar-refractivity contribution in [1.82, 2.24) is 15.3 Å². The van der Waals surface area contributed by atoms with Gasteiger partial charge in [-0.3, -0.25) is 4.79 Å². The first-order chi connectivity index (χ1) is 11.3. The van der Waals surface area contributed by atoms with E-state index in [2.05, 4.69) is 20.0 Å². The summed E-state index contributed by atoms with van der Waals surface area (Å²) in [6.45, 7) is 0.418. The van der Waals surface area contributed by atoms with E-state index in [1.54, 1.807) is 12.1 Å². The van der Waals surface area contributed by atoms with Gasteiger partial charge in [-0.2, -0.15) is 13.2 Å². The molecule has 2 aromatic heterocycles. The topological polar surface area (TPSA) is 64.1 Å². The van der Waals surface area contributed by atoms with Crippen LogP contribution in [0, 0.1) is 6.92 Å². The lowest BCUT2D eigenvalue weighted by atomic mass is 10.2. The highest BCUT2D eigenvalue weighted by molar-refractivity contribution is 7.09. The molecule has 0 unspecified atom stereocenters. The zero-order valence-corrected chi connectivity index (χ0v) is 13.4. The van der Waals surface area contributed by atoms with Crippen molar-refractivity contribution < 1.29 is 22.7 Å². The van der Waals surface area contributed by atoms with Crippen LogP contribution in [0.3, 0.4) is 0 Å². The van der Waals surface area contributed by atoms with Crippen molar-refractivity contribution in [1.29, 1.82) is 0 Å². The highest BCUT2D eigenvalue weighted by atomic mass is 32.1. The number of aryl methyl sites for hydroxylation is 1. The number of nitrogens with zero attached hydrogens (tertiary/aromatic N) is 2. The van der Waals surface area contributed by atoms with Crippen LogP contribution in [-0.4, -0.2) is 28.7 Å². The fourth-order valence-corrected chi connectivity index (χ4v) is 2.28. The van der Waals surface area contributed by atoms with Crippen molar-refractivity contribution in [2.75, 3.05) is 6.61 Å². The van der Waals surface area contributed by atoms with Gasteiger partial charge < -0.3 is 10.1 Å². The van der Waals surface area contributed by atoms with Gasteiger partial charge in [-0.1, -0.05) is 6.07 Å². The molecule has 0 saturated carbocycles. The predicted octanol–water partition coefficient (Wildman–Crippen LogP) is 3.12. The number of ether oxygens (including phenoxy) is 1. The Hall–Kier alpha value is -2.42. The van der Waals surface area contributed by atoms with E-state index < -0.39 is 18.7 Å². The van der Waals surface area contributed by atoms with Crippen LogP contribution in [0.4, 0.5) is 13.2 Å². The molecule has 0 radical (unpaired) electrons. The van der Waals surface area contributed by atoms with Gasteiger partial charge in [-0.05, 0) is 19.1 Å². The molecule has 1 amide bonds. The Kier molecular flexibility index (Phi) is 5.91. The van der Waals surface area contributed by atoms with E-state index in [9.17, 15) is 18.0 Å². The molecule has 0 aliphatic carbocycles. The first kappa shape index (κ1) is 17.9. The van der Waals surface area contributed by atoms with Crippen LogP contribution in [0.25, 0.3) is 6.08 Å². The summed E-state index contributed by atoms with van der Waals surface area (Å²) in [5, 5.41) is 5.26. The maximum Gasteiger partial charge on any atom is 0.422 e. The quantitative estimate of drug-likeness (QED) is 0.807. The zero-order chi connectivity index (χ0) is 17.6. The molecule has 0 saturated heterocycles. The molecule has 0 aliphatic rings. The summed E-state index contributed by atoms with van der Waals surface area (Å²) in [6, 6.07) is 3.09. The van der Waals surface area contributed by atoms with Gasteiger partial charge in [-0.25, -0.2) is 9.97 Å². The number of hydrogen-bond donors (Lipinski definition) is 1. The molecule has 9 heteroatoms. The van der Waals surface area contributed by atoms with Crippen molar-refractivity contribution in [2.45, 2.75) is 19.6 Å². The summed E-state index contributed by atoms with van der Waals surface area (Å²) in [5.41, 5.74) is 1.02. The molecule has 2 heterocycles. The minimum atomic E-state index is -4.45. The number of aromatic nitrogens is 2. The van der Waals surface area contributed by atoms with Crippen molar-refractivity contribution in [3.8, 4) is 5.88 Å². The molecule has 5 nitrogen and oxygen atoms in total. The molecular weight excluding hydrogens is 343 g/mol. The van der Waals surface area contributed by atoms with E-state index >= 15 is 0 Å². The predicted molar refractivity (Wildman–Crippen MR) is 83.5 cm³/mol. The highest BCUT2D eigenvalue weighted by Gasteiger charge is 2.29. The minimum Gasteiger partial charge on any atom is -0.468 e. The molecule has 0 fully saturated rings. The number of thiazole rings is 1. The Bertz CT molecular complexity index is 729. The normalized spacial score (nSPS) is 11.7.